The number of aromatic nitrogens is 2. The van der Waals surface area contributed by atoms with E-state index in [1.165, 1.54) is 0 Å². The summed E-state index contributed by atoms with van der Waals surface area (Å²) >= 11 is 0. The van der Waals surface area contributed by atoms with E-state index >= 15 is 0 Å². The van der Waals surface area contributed by atoms with Gasteiger partial charge in [0, 0.05) is 36.6 Å². The van der Waals surface area contributed by atoms with Crippen LogP contribution in [0.15, 0.2) is 24.3 Å². The fourth-order valence-corrected chi connectivity index (χ4v) is 3.01. The molecule has 0 saturated carbocycles. The van der Waals surface area contributed by atoms with Crippen molar-refractivity contribution in [3.05, 3.63) is 46.8 Å². The minimum Gasteiger partial charge on any atom is -0.368 e. The van der Waals surface area contributed by atoms with Crippen LogP contribution in [-0.4, -0.2) is 34.8 Å². The molecule has 27 heavy (non-hydrogen) atoms. The second kappa shape index (κ2) is 8.68. The number of urea groups is 1. The lowest BCUT2D eigenvalue weighted by Gasteiger charge is -2.12. The molecule has 1 unspecified atom stereocenters. The first-order chi connectivity index (χ1) is 13.0. The number of anilines is 1. The molecule has 1 saturated heterocycles. The van der Waals surface area contributed by atoms with Gasteiger partial charge >= 0.3 is 6.03 Å². The molecule has 144 valence electrons. The van der Waals surface area contributed by atoms with Gasteiger partial charge in [0.1, 0.15) is 6.10 Å². The molecule has 3 rings (SSSR count). The van der Waals surface area contributed by atoms with E-state index < -0.39 is 0 Å². The Morgan fingerprint density at radius 2 is 2.07 bits per heavy atom. The van der Waals surface area contributed by atoms with Gasteiger partial charge in [0.25, 0.3) is 5.91 Å². The minimum absolute atomic E-state index is 0.124. The van der Waals surface area contributed by atoms with Gasteiger partial charge in [-0.1, -0.05) is 12.1 Å². The summed E-state index contributed by atoms with van der Waals surface area (Å²) in [6.45, 7) is 5.23. The Morgan fingerprint density at radius 1 is 1.26 bits per heavy atom. The third-order valence-corrected chi connectivity index (χ3v) is 4.58. The molecule has 4 N–H and O–H groups in total. The third-order valence-electron chi connectivity index (χ3n) is 4.58. The highest BCUT2D eigenvalue weighted by molar-refractivity contribution is 5.94. The number of aromatic amines is 1. The number of ether oxygens (including phenoxy) is 1. The molecule has 0 bridgehead atoms. The van der Waals surface area contributed by atoms with Gasteiger partial charge in [0.15, 0.2) is 0 Å². The normalized spacial score (nSPS) is 16.1. The van der Waals surface area contributed by atoms with Crippen molar-refractivity contribution in [2.45, 2.75) is 45.9 Å². The molecule has 1 aromatic heterocycles. The molecule has 1 fully saturated rings. The van der Waals surface area contributed by atoms with Crippen LogP contribution in [0.1, 0.15) is 35.4 Å². The van der Waals surface area contributed by atoms with Crippen molar-refractivity contribution in [1.29, 1.82) is 0 Å². The molecule has 2 heterocycles. The van der Waals surface area contributed by atoms with Crippen LogP contribution in [-0.2, 0) is 22.6 Å². The summed E-state index contributed by atoms with van der Waals surface area (Å²) in [6.07, 6.45) is 1.30. The first kappa shape index (κ1) is 18.9. The second-order valence-corrected chi connectivity index (χ2v) is 6.64. The van der Waals surface area contributed by atoms with E-state index in [9.17, 15) is 9.59 Å². The molecule has 1 aromatic carbocycles. The summed E-state index contributed by atoms with van der Waals surface area (Å²) in [4.78, 5) is 24.2. The average molecular weight is 371 g/mol. The summed E-state index contributed by atoms with van der Waals surface area (Å²) < 4.78 is 5.39. The maximum Gasteiger partial charge on any atom is 0.315 e. The van der Waals surface area contributed by atoms with Gasteiger partial charge in [-0.25, -0.2) is 4.79 Å². The molecule has 0 aliphatic carbocycles. The molecular weight excluding hydrogens is 346 g/mol. The van der Waals surface area contributed by atoms with Crippen LogP contribution in [0, 0.1) is 13.8 Å². The number of amides is 3. The van der Waals surface area contributed by atoms with Gasteiger partial charge < -0.3 is 20.7 Å². The predicted octanol–water partition coefficient (Wildman–Crippen LogP) is 2.14. The van der Waals surface area contributed by atoms with Crippen molar-refractivity contribution in [1.82, 2.24) is 20.8 Å². The molecule has 8 nitrogen and oxygen atoms in total. The zero-order chi connectivity index (χ0) is 19.2. The van der Waals surface area contributed by atoms with Crippen LogP contribution in [0.3, 0.4) is 0 Å². The Labute approximate surface area is 158 Å². The fourth-order valence-electron chi connectivity index (χ4n) is 3.01. The van der Waals surface area contributed by atoms with Crippen molar-refractivity contribution < 1.29 is 14.3 Å². The highest BCUT2D eigenvalue weighted by Gasteiger charge is 2.23. The van der Waals surface area contributed by atoms with E-state index in [0.29, 0.717) is 25.4 Å². The Hall–Kier alpha value is -2.87. The van der Waals surface area contributed by atoms with Crippen LogP contribution in [0.4, 0.5) is 10.5 Å². The van der Waals surface area contributed by atoms with Crippen LogP contribution in [0.2, 0.25) is 0 Å². The standard InChI is InChI=1S/C19H25N5O3/c1-12-16(13(2)24-23-12)11-21-19(26)20-10-14-5-3-6-15(9-14)22-18(25)17-7-4-8-27-17/h3,5-6,9,17H,4,7-8,10-11H2,1-2H3,(H,22,25)(H,23,24)(H2,20,21,26). The van der Waals surface area contributed by atoms with Gasteiger partial charge in [0.2, 0.25) is 0 Å². The lowest BCUT2D eigenvalue weighted by Crippen LogP contribution is -2.34. The second-order valence-electron chi connectivity index (χ2n) is 6.64. The van der Waals surface area contributed by atoms with Crippen molar-refractivity contribution in [2.24, 2.45) is 0 Å². The highest BCUT2D eigenvalue weighted by Crippen LogP contribution is 2.16. The Morgan fingerprint density at radius 3 is 2.78 bits per heavy atom. The van der Waals surface area contributed by atoms with E-state index in [-0.39, 0.29) is 18.0 Å². The number of H-pyrrole nitrogens is 1. The summed E-state index contributed by atoms with van der Waals surface area (Å²) in [5, 5.41) is 15.5. The quantitative estimate of drug-likeness (QED) is 0.624. The number of carbonyl (C=O) groups excluding carboxylic acids is 2. The van der Waals surface area contributed by atoms with Gasteiger partial charge in [-0.15, -0.1) is 0 Å². The number of nitrogens with zero attached hydrogens (tertiary/aromatic N) is 1. The number of rotatable bonds is 6. The topological polar surface area (TPSA) is 108 Å². The van der Waals surface area contributed by atoms with Gasteiger partial charge in [0.05, 0.1) is 5.69 Å². The zero-order valence-corrected chi connectivity index (χ0v) is 15.6. The maximum absolute atomic E-state index is 12.1. The fraction of sp³-hybridized carbons (Fsp3) is 0.421. The van der Waals surface area contributed by atoms with Crippen molar-refractivity contribution in [3.8, 4) is 0 Å². The molecule has 0 radical (unpaired) electrons. The van der Waals surface area contributed by atoms with Gasteiger partial charge in [-0.2, -0.15) is 5.10 Å². The lowest BCUT2D eigenvalue weighted by molar-refractivity contribution is -0.124. The highest BCUT2D eigenvalue weighted by atomic mass is 16.5. The summed E-state index contributed by atoms with van der Waals surface area (Å²) in [5.41, 5.74) is 4.40. The smallest absolute Gasteiger partial charge is 0.315 e. The van der Waals surface area contributed by atoms with Gasteiger partial charge in [-0.05, 0) is 44.4 Å². The number of aryl methyl sites for hydroxylation is 2. The molecule has 0 spiro atoms. The summed E-state index contributed by atoms with van der Waals surface area (Å²) in [7, 11) is 0. The van der Waals surface area contributed by atoms with Gasteiger partial charge in [-0.3, -0.25) is 9.89 Å². The number of hydrogen-bond acceptors (Lipinski definition) is 4. The zero-order valence-electron chi connectivity index (χ0n) is 15.6. The first-order valence-corrected chi connectivity index (χ1v) is 9.06. The SMILES string of the molecule is Cc1n[nH]c(C)c1CNC(=O)NCc1cccc(NC(=O)C2CCCO2)c1. The van der Waals surface area contributed by atoms with E-state index in [1.807, 2.05) is 38.1 Å². The molecule has 1 atom stereocenters. The molecule has 1 aliphatic heterocycles. The number of benzene rings is 1. The Bertz CT molecular complexity index is 792. The first-order valence-electron chi connectivity index (χ1n) is 9.06. The van der Waals surface area contributed by atoms with Crippen molar-refractivity contribution in [2.75, 3.05) is 11.9 Å². The average Bonchev–Trinajstić information content (AvgIpc) is 3.29. The largest absolute Gasteiger partial charge is 0.368 e. The maximum atomic E-state index is 12.1. The molecule has 3 amide bonds. The van der Waals surface area contributed by atoms with E-state index in [4.69, 9.17) is 4.74 Å². The van der Waals surface area contributed by atoms with E-state index in [2.05, 4.69) is 26.1 Å². The molecule has 1 aliphatic rings. The van der Waals surface area contributed by atoms with Crippen LogP contribution in [0.25, 0.3) is 0 Å². The van der Waals surface area contributed by atoms with Crippen LogP contribution >= 0.6 is 0 Å². The predicted molar refractivity (Wildman–Crippen MR) is 101 cm³/mol. The molecule has 8 heteroatoms. The summed E-state index contributed by atoms with van der Waals surface area (Å²) in [5.74, 6) is -0.124. The van der Waals surface area contributed by atoms with E-state index in [0.717, 1.165) is 35.4 Å². The monoisotopic (exact) mass is 371 g/mol. The molecular formula is C19H25N5O3. The number of hydrogen-bond donors (Lipinski definition) is 4. The van der Waals surface area contributed by atoms with Crippen molar-refractivity contribution in [3.63, 3.8) is 0 Å². The van der Waals surface area contributed by atoms with Crippen LogP contribution < -0.4 is 16.0 Å². The summed E-state index contributed by atoms with van der Waals surface area (Å²) in [6, 6.07) is 7.15. The Kier molecular flexibility index (Phi) is 6.08. The number of carbonyl (C=O) groups is 2. The van der Waals surface area contributed by atoms with E-state index in [1.54, 1.807) is 0 Å². The lowest BCUT2D eigenvalue weighted by atomic mass is 10.2. The van der Waals surface area contributed by atoms with Crippen LogP contribution in [0.5, 0.6) is 0 Å². The molecule has 2 aromatic rings. The minimum atomic E-state index is -0.368. The Balaban J connectivity index is 1.47. The van der Waals surface area contributed by atoms with Crippen molar-refractivity contribution >= 4 is 17.6 Å². The number of nitrogens with one attached hydrogen (secondary N) is 4. The third kappa shape index (κ3) is 5.07.